The number of amides is 1. The second-order valence-electron chi connectivity index (χ2n) is 3.66. The van der Waals surface area contributed by atoms with Gasteiger partial charge in [-0.25, -0.2) is 8.78 Å². The number of aliphatic hydroxyl groups excluding tert-OH is 1. The molecule has 0 saturated carbocycles. The monoisotopic (exact) mass is 243 g/mol. The predicted molar refractivity (Wildman–Crippen MR) is 59.4 cm³/mol. The zero-order valence-corrected chi connectivity index (χ0v) is 9.38. The number of carbonyl (C=O) groups excluding carboxylic acids is 1. The van der Waals surface area contributed by atoms with Crippen LogP contribution in [0, 0.1) is 11.6 Å². The molecule has 0 unspecified atom stereocenters. The molecule has 1 aromatic rings. The lowest BCUT2D eigenvalue weighted by Crippen LogP contribution is -2.25. The van der Waals surface area contributed by atoms with Crippen molar-refractivity contribution in [2.75, 3.05) is 13.2 Å². The minimum absolute atomic E-state index is 0.0127. The van der Waals surface area contributed by atoms with Gasteiger partial charge in [0, 0.05) is 19.6 Å². The molecule has 0 heterocycles. The van der Waals surface area contributed by atoms with Crippen LogP contribution in [0.2, 0.25) is 0 Å². The molecule has 1 rings (SSSR count). The molecule has 3 nitrogen and oxygen atoms in total. The van der Waals surface area contributed by atoms with Crippen molar-refractivity contribution < 1.29 is 18.7 Å². The number of benzene rings is 1. The highest BCUT2D eigenvalue weighted by Gasteiger charge is 2.06. The molecule has 0 atom stereocenters. The molecule has 0 fully saturated rings. The molecule has 1 aromatic carbocycles. The molecular formula is C12H15F2NO2. The first-order valence-corrected chi connectivity index (χ1v) is 5.45. The Hall–Kier alpha value is -1.49. The first-order chi connectivity index (χ1) is 8.13. The fraction of sp³-hybridized carbons (Fsp3) is 0.417. The molecule has 0 saturated heterocycles. The zero-order valence-electron chi connectivity index (χ0n) is 9.38. The van der Waals surface area contributed by atoms with Crippen LogP contribution in [0.3, 0.4) is 0 Å². The Labute approximate surface area is 98.5 Å². The number of aliphatic hydroxyl groups is 1. The second-order valence-corrected chi connectivity index (χ2v) is 3.66. The highest BCUT2D eigenvalue weighted by Crippen LogP contribution is 2.11. The van der Waals surface area contributed by atoms with Crippen molar-refractivity contribution in [1.82, 2.24) is 5.32 Å². The summed E-state index contributed by atoms with van der Waals surface area (Å²) in [7, 11) is 0. The number of hydrogen-bond donors (Lipinski definition) is 2. The Morgan fingerprint density at radius 2 is 2.12 bits per heavy atom. The van der Waals surface area contributed by atoms with E-state index in [-0.39, 0.29) is 30.9 Å². The van der Waals surface area contributed by atoms with Crippen LogP contribution in [0.25, 0.3) is 0 Å². The molecule has 0 aliphatic heterocycles. The van der Waals surface area contributed by atoms with Crippen LogP contribution in [-0.2, 0) is 11.2 Å². The molecule has 94 valence electrons. The van der Waals surface area contributed by atoms with Gasteiger partial charge in [0.15, 0.2) is 0 Å². The topological polar surface area (TPSA) is 49.3 Å². The van der Waals surface area contributed by atoms with Crippen molar-refractivity contribution in [1.29, 1.82) is 0 Å². The number of carbonyl (C=O) groups is 1. The van der Waals surface area contributed by atoms with Gasteiger partial charge in [0.05, 0.1) is 0 Å². The largest absolute Gasteiger partial charge is 0.396 e. The molecule has 2 N–H and O–H groups in total. The summed E-state index contributed by atoms with van der Waals surface area (Å²) in [5.74, 6) is -1.25. The summed E-state index contributed by atoms with van der Waals surface area (Å²) in [5, 5.41) is 11.1. The molecule has 5 heteroatoms. The summed E-state index contributed by atoms with van der Waals surface area (Å²) in [6.45, 7) is 0.403. The van der Waals surface area contributed by atoms with Gasteiger partial charge >= 0.3 is 0 Å². The summed E-state index contributed by atoms with van der Waals surface area (Å²) in [4.78, 5) is 11.3. The van der Waals surface area contributed by atoms with Gasteiger partial charge in [-0.2, -0.15) is 0 Å². The lowest BCUT2D eigenvalue weighted by Gasteiger charge is -2.05. The SMILES string of the molecule is O=C(CCc1cc(F)ccc1F)NCCCO. The lowest BCUT2D eigenvalue weighted by molar-refractivity contribution is -0.121. The Morgan fingerprint density at radius 3 is 2.82 bits per heavy atom. The van der Waals surface area contributed by atoms with E-state index in [0.29, 0.717) is 13.0 Å². The molecule has 0 radical (unpaired) electrons. The highest BCUT2D eigenvalue weighted by atomic mass is 19.1. The average molecular weight is 243 g/mol. The number of aryl methyl sites for hydroxylation is 1. The summed E-state index contributed by atoms with van der Waals surface area (Å²) >= 11 is 0. The van der Waals surface area contributed by atoms with Crippen LogP contribution in [0.1, 0.15) is 18.4 Å². The number of halogens is 2. The van der Waals surface area contributed by atoms with Crippen molar-refractivity contribution in [3.8, 4) is 0 Å². The van der Waals surface area contributed by atoms with E-state index >= 15 is 0 Å². The van der Waals surface area contributed by atoms with Crippen LogP contribution in [0.4, 0.5) is 8.78 Å². The molecular weight excluding hydrogens is 228 g/mol. The van der Waals surface area contributed by atoms with E-state index in [9.17, 15) is 13.6 Å². The van der Waals surface area contributed by atoms with Gasteiger partial charge in [-0.15, -0.1) is 0 Å². The Balaban J connectivity index is 2.39. The minimum Gasteiger partial charge on any atom is -0.396 e. The number of nitrogens with one attached hydrogen (secondary N) is 1. The summed E-state index contributed by atoms with van der Waals surface area (Å²) < 4.78 is 26.0. The van der Waals surface area contributed by atoms with Gasteiger partial charge < -0.3 is 10.4 Å². The van der Waals surface area contributed by atoms with E-state index in [2.05, 4.69) is 5.32 Å². The maximum atomic E-state index is 13.2. The molecule has 17 heavy (non-hydrogen) atoms. The average Bonchev–Trinajstić information content (AvgIpc) is 2.31. The molecule has 1 amide bonds. The first-order valence-electron chi connectivity index (χ1n) is 5.45. The fourth-order valence-corrected chi connectivity index (χ4v) is 1.38. The Kier molecular flexibility index (Phi) is 5.56. The first kappa shape index (κ1) is 13.6. The standard InChI is InChI=1S/C12H15F2NO2/c13-10-3-4-11(14)9(8-10)2-5-12(17)15-6-1-7-16/h3-4,8,16H,1-2,5-7H2,(H,15,17). The van der Waals surface area contributed by atoms with Gasteiger partial charge in [-0.1, -0.05) is 0 Å². The van der Waals surface area contributed by atoms with Crippen LogP contribution in [0.15, 0.2) is 18.2 Å². The van der Waals surface area contributed by atoms with Gasteiger partial charge in [-0.05, 0) is 36.6 Å². The zero-order chi connectivity index (χ0) is 12.7. The van der Waals surface area contributed by atoms with Crippen molar-refractivity contribution in [3.05, 3.63) is 35.4 Å². The Morgan fingerprint density at radius 1 is 1.35 bits per heavy atom. The van der Waals surface area contributed by atoms with E-state index in [1.807, 2.05) is 0 Å². The van der Waals surface area contributed by atoms with Crippen LogP contribution >= 0.6 is 0 Å². The van der Waals surface area contributed by atoms with Gasteiger partial charge in [0.2, 0.25) is 5.91 Å². The van der Waals surface area contributed by atoms with Crippen LogP contribution in [0.5, 0.6) is 0 Å². The molecule has 0 aliphatic rings. The minimum atomic E-state index is -0.512. The molecule has 0 bridgehead atoms. The van der Waals surface area contributed by atoms with E-state index in [1.54, 1.807) is 0 Å². The van der Waals surface area contributed by atoms with Gasteiger partial charge in [0.25, 0.3) is 0 Å². The molecule has 0 aliphatic carbocycles. The van der Waals surface area contributed by atoms with Crippen molar-refractivity contribution in [3.63, 3.8) is 0 Å². The highest BCUT2D eigenvalue weighted by molar-refractivity contribution is 5.76. The van der Waals surface area contributed by atoms with E-state index < -0.39 is 11.6 Å². The van der Waals surface area contributed by atoms with E-state index in [4.69, 9.17) is 5.11 Å². The van der Waals surface area contributed by atoms with E-state index in [0.717, 1.165) is 18.2 Å². The fourth-order valence-electron chi connectivity index (χ4n) is 1.38. The smallest absolute Gasteiger partial charge is 0.220 e. The third kappa shape index (κ3) is 4.91. The second kappa shape index (κ2) is 6.96. The predicted octanol–water partition coefficient (Wildman–Crippen LogP) is 1.40. The van der Waals surface area contributed by atoms with Crippen LogP contribution in [-0.4, -0.2) is 24.2 Å². The lowest BCUT2D eigenvalue weighted by atomic mass is 10.1. The number of rotatable bonds is 6. The third-order valence-corrected chi connectivity index (χ3v) is 2.29. The maximum Gasteiger partial charge on any atom is 0.220 e. The van der Waals surface area contributed by atoms with Gasteiger partial charge in [-0.3, -0.25) is 4.79 Å². The summed E-state index contributed by atoms with van der Waals surface area (Å²) in [6, 6.07) is 3.19. The Bertz CT molecular complexity index is 383. The van der Waals surface area contributed by atoms with Crippen molar-refractivity contribution >= 4 is 5.91 Å². The molecule has 0 aromatic heterocycles. The third-order valence-electron chi connectivity index (χ3n) is 2.29. The summed E-state index contributed by atoms with van der Waals surface area (Å²) in [6.07, 6.45) is 0.750. The van der Waals surface area contributed by atoms with Crippen molar-refractivity contribution in [2.45, 2.75) is 19.3 Å². The van der Waals surface area contributed by atoms with Crippen LogP contribution < -0.4 is 5.32 Å². The van der Waals surface area contributed by atoms with Crippen molar-refractivity contribution in [2.24, 2.45) is 0 Å². The number of hydrogen-bond acceptors (Lipinski definition) is 2. The quantitative estimate of drug-likeness (QED) is 0.742. The molecule has 0 spiro atoms. The normalized spacial score (nSPS) is 10.3. The van der Waals surface area contributed by atoms with Gasteiger partial charge in [0.1, 0.15) is 11.6 Å². The summed E-state index contributed by atoms with van der Waals surface area (Å²) in [5.41, 5.74) is 0.197. The maximum absolute atomic E-state index is 13.2. The van der Waals surface area contributed by atoms with E-state index in [1.165, 1.54) is 0 Å².